The number of esters is 2. The molecule has 11 heteroatoms. The summed E-state index contributed by atoms with van der Waals surface area (Å²) in [6.45, 7) is 6.16. The number of benzene rings is 2. The lowest BCUT2D eigenvalue weighted by Gasteiger charge is -1.95. The van der Waals surface area contributed by atoms with E-state index >= 15 is 0 Å². The summed E-state index contributed by atoms with van der Waals surface area (Å²) >= 11 is 9.31. The maximum atomic E-state index is 11.4. The average Bonchev–Trinajstić information content (AvgIpc) is 3.37. The number of carbonyl (C=O) groups excluding carboxylic acids is 2. The summed E-state index contributed by atoms with van der Waals surface area (Å²) in [6.07, 6.45) is 0. The van der Waals surface area contributed by atoms with E-state index in [1.165, 1.54) is 12.1 Å². The molecule has 0 bridgehead atoms. The minimum Gasteiger partial charge on any atom is -0.508 e. The molecular formula is C23H22BBr3O7. The van der Waals surface area contributed by atoms with Crippen molar-refractivity contribution in [2.24, 2.45) is 0 Å². The summed E-state index contributed by atoms with van der Waals surface area (Å²) < 4.78 is 20.5. The Balaban J connectivity index is 0.000000208. The molecule has 0 aliphatic carbocycles. The smallest absolute Gasteiger partial charge is 0.374 e. The Bertz CT molecular complexity index is 1150. The van der Waals surface area contributed by atoms with E-state index in [1.807, 2.05) is 25.1 Å². The lowest BCUT2D eigenvalue weighted by atomic mass is 10.2. The second-order valence-electron chi connectivity index (χ2n) is 6.67. The number of carbonyl (C=O) groups is 2. The van der Waals surface area contributed by atoms with Crippen LogP contribution in [0.4, 0.5) is 0 Å². The highest BCUT2D eigenvalue weighted by molar-refractivity contribution is 9.69. The highest BCUT2D eigenvalue weighted by Gasteiger charge is 2.13. The normalized spacial score (nSPS) is 10.1. The Labute approximate surface area is 221 Å². The van der Waals surface area contributed by atoms with E-state index in [2.05, 4.69) is 47.3 Å². The zero-order valence-electron chi connectivity index (χ0n) is 18.6. The van der Waals surface area contributed by atoms with Gasteiger partial charge in [-0.25, -0.2) is 9.59 Å². The lowest BCUT2D eigenvalue weighted by Crippen LogP contribution is -2.02. The van der Waals surface area contributed by atoms with Crippen LogP contribution in [-0.2, 0) is 9.47 Å². The van der Waals surface area contributed by atoms with Gasteiger partial charge in [0.2, 0.25) is 11.5 Å². The van der Waals surface area contributed by atoms with Gasteiger partial charge in [-0.3, -0.25) is 0 Å². The number of hydrogen-bond donors (Lipinski definition) is 1. The number of phenolic OH excluding ortho intramolecular Hbond substituents is 1. The van der Waals surface area contributed by atoms with Crippen LogP contribution in [0.5, 0.6) is 5.75 Å². The average molecular weight is 661 g/mol. The van der Waals surface area contributed by atoms with Crippen molar-refractivity contribution in [2.75, 3.05) is 13.2 Å². The fourth-order valence-electron chi connectivity index (χ4n) is 2.80. The second kappa shape index (κ2) is 13.6. The monoisotopic (exact) mass is 658 g/mol. The first-order valence-electron chi connectivity index (χ1n) is 10.1. The first kappa shape index (κ1) is 28.0. The van der Waals surface area contributed by atoms with Gasteiger partial charge in [0, 0.05) is 10.8 Å². The van der Waals surface area contributed by atoms with E-state index in [9.17, 15) is 14.7 Å². The van der Waals surface area contributed by atoms with Crippen molar-refractivity contribution in [1.82, 2.24) is 0 Å². The van der Waals surface area contributed by atoms with E-state index in [0.717, 1.165) is 10.9 Å². The number of hydrogen-bond acceptors (Lipinski definition) is 7. The molecule has 4 rings (SSSR count). The van der Waals surface area contributed by atoms with Gasteiger partial charge in [-0.15, -0.1) is 47.3 Å². The molecule has 0 unspecified atom stereocenters. The fourth-order valence-corrected chi connectivity index (χ4v) is 2.80. The molecule has 2 aromatic carbocycles. The van der Waals surface area contributed by atoms with E-state index in [-0.39, 0.29) is 20.5 Å². The summed E-state index contributed by atoms with van der Waals surface area (Å²) in [5.74, 6) is -0.354. The van der Waals surface area contributed by atoms with Crippen LogP contribution in [0.1, 0.15) is 40.5 Å². The molecule has 0 aliphatic heterocycles. The Morgan fingerprint density at radius 1 is 0.824 bits per heavy atom. The van der Waals surface area contributed by atoms with Gasteiger partial charge in [-0.2, -0.15) is 0 Å². The third kappa shape index (κ3) is 8.52. The van der Waals surface area contributed by atoms with Crippen molar-refractivity contribution in [1.29, 1.82) is 0 Å². The van der Waals surface area contributed by atoms with Crippen LogP contribution in [0.25, 0.3) is 21.9 Å². The SMILES string of the molecule is BrB(Br)Br.CCOC(=O)c1cc2cc(C)ccc2o1.CCOC(=O)c1cc2cc(O)ccc2o1. The topological polar surface area (TPSA) is 99.1 Å². The van der Waals surface area contributed by atoms with Crippen molar-refractivity contribution in [3.05, 3.63) is 65.6 Å². The second-order valence-corrected chi connectivity index (χ2v) is 13.1. The van der Waals surface area contributed by atoms with Crippen LogP contribution in [-0.4, -0.2) is 33.4 Å². The van der Waals surface area contributed by atoms with Gasteiger partial charge < -0.3 is 23.4 Å². The number of ether oxygens (including phenoxy) is 2. The molecule has 2 aromatic heterocycles. The summed E-state index contributed by atoms with van der Waals surface area (Å²) in [6, 6.07) is 13.7. The predicted molar refractivity (Wildman–Crippen MR) is 143 cm³/mol. The predicted octanol–water partition coefficient (Wildman–Crippen LogP) is 7.39. The molecule has 0 saturated heterocycles. The third-order valence-corrected chi connectivity index (χ3v) is 4.12. The molecule has 34 heavy (non-hydrogen) atoms. The van der Waals surface area contributed by atoms with Gasteiger partial charge in [0.05, 0.1) is 13.2 Å². The lowest BCUT2D eigenvalue weighted by molar-refractivity contribution is 0.0484. The molecule has 0 radical (unpaired) electrons. The van der Waals surface area contributed by atoms with Crippen LogP contribution in [0, 0.1) is 6.92 Å². The summed E-state index contributed by atoms with van der Waals surface area (Å²) in [7, 11) is 0. The Morgan fingerprint density at radius 3 is 1.74 bits per heavy atom. The van der Waals surface area contributed by atoms with Crippen LogP contribution in [0.3, 0.4) is 0 Å². The van der Waals surface area contributed by atoms with Gasteiger partial charge in [-0.05, 0) is 63.2 Å². The minimum atomic E-state index is -0.492. The van der Waals surface area contributed by atoms with Crippen molar-refractivity contribution in [3.63, 3.8) is 0 Å². The first-order valence-corrected chi connectivity index (χ1v) is 12.9. The summed E-state index contributed by atoms with van der Waals surface area (Å²) in [5, 5.41) is 10.8. The van der Waals surface area contributed by atoms with Gasteiger partial charge in [-0.1, -0.05) is 11.6 Å². The van der Waals surface area contributed by atoms with Crippen molar-refractivity contribution in [2.45, 2.75) is 20.8 Å². The Hall–Kier alpha value is -2.24. The maximum absolute atomic E-state index is 11.4. The zero-order chi connectivity index (χ0) is 25.3. The van der Waals surface area contributed by atoms with E-state index in [1.54, 1.807) is 32.0 Å². The van der Waals surface area contributed by atoms with E-state index < -0.39 is 11.9 Å². The summed E-state index contributed by atoms with van der Waals surface area (Å²) in [5.41, 5.74) is 2.40. The van der Waals surface area contributed by atoms with E-state index in [0.29, 0.717) is 29.8 Å². The van der Waals surface area contributed by atoms with Gasteiger partial charge in [0.1, 0.15) is 16.9 Å². The van der Waals surface area contributed by atoms with Crippen molar-refractivity contribution < 1.29 is 33.0 Å². The van der Waals surface area contributed by atoms with Crippen molar-refractivity contribution >= 4 is 84.3 Å². The molecule has 0 atom stereocenters. The number of phenols is 1. The standard InChI is InChI=1S/C12H12O3.C11H10O4.BBr3/c1-3-14-12(13)11-7-9-6-8(2)4-5-10(9)15-11;1-2-14-11(13)10-6-7-5-8(12)3-4-9(7)15-10;2-1(3)4/h4-7H,3H2,1-2H3;3-6,12H,2H2,1H3;. The van der Waals surface area contributed by atoms with E-state index in [4.69, 9.17) is 18.3 Å². The molecule has 1 N–H and O–H groups in total. The number of rotatable bonds is 4. The molecule has 0 saturated carbocycles. The summed E-state index contributed by atoms with van der Waals surface area (Å²) in [4.78, 5) is 22.7. The Morgan fingerprint density at radius 2 is 1.26 bits per heavy atom. The fraction of sp³-hybridized carbons (Fsp3) is 0.217. The third-order valence-electron chi connectivity index (χ3n) is 4.12. The van der Waals surface area contributed by atoms with Gasteiger partial charge in [0.25, 0.3) is 0 Å². The molecule has 180 valence electrons. The van der Waals surface area contributed by atoms with Crippen LogP contribution in [0.15, 0.2) is 57.4 Å². The molecular weight excluding hydrogens is 639 g/mol. The van der Waals surface area contributed by atoms with Crippen molar-refractivity contribution in [3.8, 4) is 5.75 Å². The zero-order valence-corrected chi connectivity index (χ0v) is 23.4. The molecule has 0 aliphatic rings. The van der Waals surface area contributed by atoms with Gasteiger partial charge in [0.15, 0.2) is 0 Å². The highest BCUT2D eigenvalue weighted by atomic mass is 79.9. The Kier molecular flexibility index (Phi) is 11.2. The highest BCUT2D eigenvalue weighted by Crippen LogP contribution is 2.24. The number of fused-ring (bicyclic) bond motifs is 2. The molecule has 4 aromatic rings. The molecule has 0 fully saturated rings. The molecule has 2 heterocycles. The quantitative estimate of drug-likeness (QED) is 0.180. The number of aryl methyl sites for hydroxylation is 1. The van der Waals surface area contributed by atoms with Crippen LogP contribution in [0.2, 0.25) is 0 Å². The maximum Gasteiger partial charge on any atom is 0.374 e. The number of halogens is 3. The van der Waals surface area contributed by atoms with Gasteiger partial charge >= 0.3 is 15.1 Å². The first-order chi connectivity index (χ1) is 16.1. The molecule has 0 amide bonds. The minimum absolute atomic E-state index is 0.138. The number of aromatic hydroxyl groups is 1. The van der Waals surface area contributed by atoms with Crippen LogP contribution >= 0.6 is 47.3 Å². The number of furan rings is 2. The largest absolute Gasteiger partial charge is 0.508 e. The van der Waals surface area contributed by atoms with Crippen LogP contribution < -0.4 is 0 Å². The molecule has 0 spiro atoms. The molecule has 7 nitrogen and oxygen atoms in total.